The van der Waals surface area contributed by atoms with Gasteiger partial charge in [0, 0.05) is 23.0 Å². The van der Waals surface area contributed by atoms with Crippen LogP contribution in [0.4, 0.5) is 4.39 Å². The number of pyridine rings is 1. The van der Waals surface area contributed by atoms with Crippen molar-refractivity contribution in [2.24, 2.45) is 5.73 Å². The van der Waals surface area contributed by atoms with Crippen molar-refractivity contribution in [3.63, 3.8) is 0 Å². The molecule has 5 heteroatoms. The summed E-state index contributed by atoms with van der Waals surface area (Å²) in [4.78, 5) is 4.77. The molecule has 0 amide bonds. The molecule has 1 heterocycles. The zero-order valence-corrected chi connectivity index (χ0v) is 14.4. The number of fused-ring (bicyclic) bond motifs is 1. The molecular formula is C19H27FN2O2. The van der Waals surface area contributed by atoms with E-state index in [0.717, 1.165) is 35.9 Å². The summed E-state index contributed by atoms with van der Waals surface area (Å²) in [6.45, 7) is 3.34. The third kappa shape index (κ3) is 5.14. The molecule has 0 saturated heterocycles. The lowest BCUT2D eigenvalue weighted by Crippen LogP contribution is -2.19. The van der Waals surface area contributed by atoms with Gasteiger partial charge in [0.1, 0.15) is 25.1 Å². The fraction of sp³-hybridized carbons (Fsp3) is 0.526. The molecule has 0 aliphatic carbocycles. The van der Waals surface area contributed by atoms with Crippen LogP contribution in [0.2, 0.25) is 0 Å². The lowest BCUT2D eigenvalue weighted by Gasteiger charge is -2.16. The first kappa shape index (κ1) is 18.6. The van der Waals surface area contributed by atoms with E-state index in [1.165, 1.54) is 0 Å². The van der Waals surface area contributed by atoms with Crippen molar-refractivity contribution in [2.75, 3.05) is 13.3 Å². The van der Waals surface area contributed by atoms with Crippen LogP contribution in [0.5, 0.6) is 5.75 Å². The average molecular weight is 334 g/mol. The lowest BCUT2D eigenvalue weighted by atomic mass is 9.94. The summed E-state index contributed by atoms with van der Waals surface area (Å²) in [6, 6.07) is 9.85. The van der Waals surface area contributed by atoms with Gasteiger partial charge in [-0.05, 0) is 50.5 Å². The first-order valence-electron chi connectivity index (χ1n) is 8.56. The maximum atomic E-state index is 12.3. The van der Waals surface area contributed by atoms with Gasteiger partial charge in [-0.1, -0.05) is 13.0 Å². The molecule has 0 saturated carbocycles. The number of halogens is 1. The molecule has 1 aromatic carbocycles. The number of benzene rings is 1. The van der Waals surface area contributed by atoms with Crippen LogP contribution in [-0.2, 0) is 0 Å². The van der Waals surface area contributed by atoms with E-state index in [4.69, 9.17) is 15.5 Å². The van der Waals surface area contributed by atoms with Crippen molar-refractivity contribution in [1.29, 1.82) is 0 Å². The highest BCUT2D eigenvalue weighted by Crippen LogP contribution is 2.27. The second-order valence-electron chi connectivity index (χ2n) is 6.37. The van der Waals surface area contributed by atoms with Crippen LogP contribution in [0, 0.1) is 0 Å². The molecule has 24 heavy (non-hydrogen) atoms. The highest BCUT2D eigenvalue weighted by Gasteiger charge is 2.13. The van der Waals surface area contributed by atoms with Gasteiger partial charge in [-0.3, -0.25) is 4.98 Å². The van der Waals surface area contributed by atoms with E-state index in [0.29, 0.717) is 11.7 Å². The second-order valence-corrected chi connectivity index (χ2v) is 6.37. The first-order valence-corrected chi connectivity index (χ1v) is 8.56. The standard InChI is InChI=1S/C19H27FN2O2/c1-3-14(5-4-13(2)21)18-8-6-15-10-17(7-9-19(15)22-18)24-12-16(23)11-20/h6-10,13-14,16,23H,3-5,11-12,21H2,1-2H3. The smallest absolute Gasteiger partial charge is 0.120 e. The minimum atomic E-state index is -1.09. The van der Waals surface area contributed by atoms with Crippen LogP contribution in [0.15, 0.2) is 30.3 Å². The number of hydrogen-bond donors (Lipinski definition) is 2. The molecule has 0 bridgehead atoms. The molecule has 2 rings (SSSR count). The normalized spacial score (nSPS) is 15.2. The van der Waals surface area contributed by atoms with Crippen molar-refractivity contribution in [2.45, 2.75) is 51.2 Å². The summed E-state index contributed by atoms with van der Waals surface area (Å²) >= 11 is 0. The Labute approximate surface area is 142 Å². The van der Waals surface area contributed by atoms with Crippen molar-refractivity contribution < 1.29 is 14.2 Å². The molecule has 1 aromatic heterocycles. The molecule has 3 atom stereocenters. The molecule has 0 spiro atoms. The van der Waals surface area contributed by atoms with Crippen LogP contribution in [-0.4, -0.2) is 35.5 Å². The highest BCUT2D eigenvalue weighted by molar-refractivity contribution is 5.80. The number of nitrogens with zero attached hydrogens (tertiary/aromatic N) is 1. The Morgan fingerprint density at radius 2 is 2.04 bits per heavy atom. The quantitative estimate of drug-likeness (QED) is 0.736. The molecule has 2 aromatic rings. The molecular weight excluding hydrogens is 307 g/mol. The summed E-state index contributed by atoms with van der Waals surface area (Å²) in [7, 11) is 0. The topological polar surface area (TPSA) is 68.4 Å². The minimum Gasteiger partial charge on any atom is -0.491 e. The highest BCUT2D eigenvalue weighted by atomic mass is 19.1. The summed E-state index contributed by atoms with van der Waals surface area (Å²) in [5, 5.41) is 10.2. The zero-order valence-electron chi connectivity index (χ0n) is 14.4. The summed E-state index contributed by atoms with van der Waals surface area (Å²) in [5.41, 5.74) is 7.86. The van der Waals surface area contributed by atoms with Crippen LogP contribution in [0.25, 0.3) is 10.9 Å². The Bertz CT molecular complexity index is 648. The molecule has 0 radical (unpaired) electrons. The Balaban J connectivity index is 2.13. The van der Waals surface area contributed by atoms with E-state index in [2.05, 4.69) is 13.0 Å². The SMILES string of the molecule is CCC(CCC(C)N)c1ccc2cc(OCC(O)CF)ccc2n1. The predicted octanol–water partition coefficient (Wildman–Crippen LogP) is 3.57. The number of aromatic nitrogens is 1. The number of hydrogen-bond acceptors (Lipinski definition) is 4. The van der Waals surface area contributed by atoms with E-state index in [-0.39, 0.29) is 12.6 Å². The van der Waals surface area contributed by atoms with E-state index >= 15 is 0 Å². The van der Waals surface area contributed by atoms with Crippen molar-refractivity contribution in [1.82, 2.24) is 4.98 Å². The molecule has 3 N–H and O–H groups in total. The zero-order chi connectivity index (χ0) is 17.5. The third-order valence-electron chi connectivity index (χ3n) is 4.18. The molecule has 132 valence electrons. The third-order valence-corrected chi connectivity index (χ3v) is 4.18. The van der Waals surface area contributed by atoms with Crippen LogP contribution < -0.4 is 10.5 Å². The maximum Gasteiger partial charge on any atom is 0.120 e. The number of nitrogens with two attached hydrogens (primary N) is 1. The first-order chi connectivity index (χ1) is 11.5. The Morgan fingerprint density at radius 3 is 2.71 bits per heavy atom. The Kier molecular flexibility index (Phi) is 6.94. The monoisotopic (exact) mass is 334 g/mol. The van der Waals surface area contributed by atoms with Crippen molar-refractivity contribution >= 4 is 10.9 Å². The summed E-state index contributed by atoms with van der Waals surface area (Å²) < 4.78 is 17.7. The number of aliphatic hydroxyl groups excluding tert-OH is 1. The van der Waals surface area contributed by atoms with Gasteiger partial charge < -0.3 is 15.6 Å². The fourth-order valence-electron chi connectivity index (χ4n) is 2.70. The van der Waals surface area contributed by atoms with Crippen LogP contribution >= 0.6 is 0 Å². The lowest BCUT2D eigenvalue weighted by molar-refractivity contribution is 0.0842. The van der Waals surface area contributed by atoms with Crippen LogP contribution in [0.1, 0.15) is 44.7 Å². The maximum absolute atomic E-state index is 12.3. The Morgan fingerprint density at radius 1 is 1.25 bits per heavy atom. The van der Waals surface area contributed by atoms with E-state index in [1.54, 1.807) is 6.07 Å². The number of ether oxygens (including phenoxy) is 1. The molecule has 3 unspecified atom stereocenters. The van der Waals surface area contributed by atoms with Crippen molar-refractivity contribution in [3.8, 4) is 5.75 Å². The van der Waals surface area contributed by atoms with E-state index < -0.39 is 12.8 Å². The average Bonchev–Trinajstić information content (AvgIpc) is 2.59. The summed E-state index contributed by atoms with van der Waals surface area (Å²) in [6.07, 6.45) is 1.97. The molecule has 4 nitrogen and oxygen atoms in total. The molecule has 0 aliphatic rings. The molecule has 0 fully saturated rings. The van der Waals surface area contributed by atoms with Gasteiger partial charge in [-0.15, -0.1) is 0 Å². The molecule has 0 aliphatic heterocycles. The van der Waals surface area contributed by atoms with Gasteiger partial charge in [-0.25, -0.2) is 4.39 Å². The van der Waals surface area contributed by atoms with Gasteiger partial charge in [0.05, 0.1) is 5.52 Å². The van der Waals surface area contributed by atoms with Gasteiger partial charge in [0.15, 0.2) is 0 Å². The van der Waals surface area contributed by atoms with Crippen molar-refractivity contribution in [3.05, 3.63) is 36.0 Å². The second kappa shape index (κ2) is 8.94. The predicted molar refractivity (Wildman–Crippen MR) is 95.1 cm³/mol. The summed E-state index contributed by atoms with van der Waals surface area (Å²) in [5.74, 6) is 1.02. The number of rotatable bonds is 9. The van der Waals surface area contributed by atoms with E-state index in [1.807, 2.05) is 25.1 Å². The number of alkyl halides is 1. The van der Waals surface area contributed by atoms with Gasteiger partial charge in [0.2, 0.25) is 0 Å². The largest absolute Gasteiger partial charge is 0.491 e. The van der Waals surface area contributed by atoms with Gasteiger partial charge in [0.25, 0.3) is 0 Å². The van der Waals surface area contributed by atoms with E-state index in [9.17, 15) is 9.50 Å². The van der Waals surface area contributed by atoms with Gasteiger partial charge in [-0.2, -0.15) is 0 Å². The number of aliphatic hydroxyl groups is 1. The van der Waals surface area contributed by atoms with Gasteiger partial charge >= 0.3 is 0 Å². The van der Waals surface area contributed by atoms with Crippen LogP contribution in [0.3, 0.4) is 0 Å². The minimum absolute atomic E-state index is 0.0529. The Hall–Kier alpha value is -1.72. The fourth-order valence-corrected chi connectivity index (χ4v) is 2.70.